The summed E-state index contributed by atoms with van der Waals surface area (Å²) < 4.78 is 5.20. The maximum absolute atomic E-state index is 12.1. The summed E-state index contributed by atoms with van der Waals surface area (Å²) in [6.07, 6.45) is 1.84. The minimum absolute atomic E-state index is 0.134. The molecule has 1 amide bonds. The molecule has 116 valence electrons. The van der Waals surface area contributed by atoms with E-state index in [2.05, 4.69) is 10.3 Å². The lowest BCUT2D eigenvalue weighted by Crippen LogP contribution is -2.19. The van der Waals surface area contributed by atoms with E-state index in [1.165, 1.54) is 11.8 Å². The molecule has 1 fully saturated rings. The van der Waals surface area contributed by atoms with E-state index in [4.69, 9.17) is 4.74 Å². The Hall–Kier alpha value is -2.53. The summed E-state index contributed by atoms with van der Waals surface area (Å²) in [7, 11) is 1.62. The first-order valence-electron chi connectivity index (χ1n) is 7.15. The number of benzene rings is 2. The van der Waals surface area contributed by atoms with Crippen LogP contribution in [0.3, 0.4) is 0 Å². The minimum atomic E-state index is -0.134. The van der Waals surface area contributed by atoms with Crippen LogP contribution in [0, 0.1) is 6.92 Å². The first-order valence-corrected chi connectivity index (χ1v) is 7.96. The van der Waals surface area contributed by atoms with Gasteiger partial charge in [0.1, 0.15) is 5.75 Å². The fourth-order valence-electron chi connectivity index (χ4n) is 2.16. The van der Waals surface area contributed by atoms with Crippen LogP contribution in [-0.4, -0.2) is 18.2 Å². The summed E-state index contributed by atoms with van der Waals surface area (Å²) in [4.78, 5) is 17.2. The van der Waals surface area contributed by atoms with Crippen molar-refractivity contribution in [3.8, 4) is 5.75 Å². The smallest absolute Gasteiger partial charge is 0.264 e. The lowest BCUT2D eigenvalue weighted by Gasteiger charge is -2.00. The molecule has 23 heavy (non-hydrogen) atoms. The van der Waals surface area contributed by atoms with Crippen molar-refractivity contribution in [2.45, 2.75) is 6.92 Å². The van der Waals surface area contributed by atoms with Crippen molar-refractivity contribution < 1.29 is 9.53 Å². The third-order valence-corrected chi connectivity index (χ3v) is 4.29. The standard InChI is InChI=1S/C18H16N2O2S/c1-12-6-3-4-9-15(12)19-18-20-17(21)16(23-18)11-13-7-5-8-14(10-13)22-2/h3-11H,1-2H3,(H,19,20,21)/b16-11+. The normalized spacial score (nSPS) is 17.6. The fraction of sp³-hybridized carbons (Fsp3) is 0.111. The van der Waals surface area contributed by atoms with E-state index in [9.17, 15) is 4.79 Å². The zero-order valence-corrected chi connectivity index (χ0v) is 13.7. The van der Waals surface area contributed by atoms with Crippen molar-refractivity contribution >= 4 is 34.6 Å². The SMILES string of the molecule is COc1cccc(/C=C2/SC(=Nc3ccccc3C)NC2=O)c1. The number of aliphatic imine (C=N–C) groups is 1. The number of amidine groups is 1. The Morgan fingerprint density at radius 1 is 1.17 bits per heavy atom. The first-order chi connectivity index (χ1) is 11.2. The van der Waals surface area contributed by atoms with Gasteiger partial charge in [0.25, 0.3) is 5.91 Å². The van der Waals surface area contributed by atoms with Gasteiger partial charge < -0.3 is 10.1 Å². The predicted molar refractivity (Wildman–Crippen MR) is 95.0 cm³/mol. The van der Waals surface area contributed by atoms with Crippen LogP contribution in [-0.2, 0) is 4.79 Å². The molecule has 5 heteroatoms. The molecule has 1 aliphatic rings. The molecule has 1 heterocycles. The number of nitrogens with one attached hydrogen (secondary N) is 1. The maximum Gasteiger partial charge on any atom is 0.264 e. The van der Waals surface area contributed by atoms with Gasteiger partial charge in [-0.2, -0.15) is 0 Å². The summed E-state index contributed by atoms with van der Waals surface area (Å²) in [5.74, 6) is 0.627. The molecule has 4 nitrogen and oxygen atoms in total. The molecule has 2 aromatic carbocycles. The number of aryl methyl sites for hydroxylation is 1. The molecule has 0 saturated carbocycles. The molecule has 0 aliphatic carbocycles. The van der Waals surface area contributed by atoms with Crippen molar-refractivity contribution in [2.24, 2.45) is 4.99 Å². The van der Waals surface area contributed by atoms with Gasteiger partial charge in [-0.25, -0.2) is 4.99 Å². The Balaban J connectivity index is 1.85. The van der Waals surface area contributed by atoms with Crippen LogP contribution in [0.25, 0.3) is 6.08 Å². The number of methoxy groups -OCH3 is 1. The van der Waals surface area contributed by atoms with Crippen LogP contribution in [0.15, 0.2) is 58.4 Å². The maximum atomic E-state index is 12.1. The fourth-order valence-corrected chi connectivity index (χ4v) is 3.00. The third-order valence-electron chi connectivity index (χ3n) is 3.38. The summed E-state index contributed by atoms with van der Waals surface area (Å²) in [5, 5.41) is 3.40. The van der Waals surface area contributed by atoms with Gasteiger partial charge in [0, 0.05) is 0 Å². The number of carbonyl (C=O) groups is 1. The number of thioether (sulfide) groups is 1. The van der Waals surface area contributed by atoms with Crippen LogP contribution >= 0.6 is 11.8 Å². The number of nitrogens with zero attached hydrogens (tertiary/aromatic N) is 1. The minimum Gasteiger partial charge on any atom is -0.497 e. The highest BCUT2D eigenvalue weighted by Gasteiger charge is 2.23. The van der Waals surface area contributed by atoms with Crippen LogP contribution in [0.5, 0.6) is 5.75 Å². The lowest BCUT2D eigenvalue weighted by atomic mass is 10.2. The molecular weight excluding hydrogens is 308 g/mol. The van der Waals surface area contributed by atoms with Crippen molar-refractivity contribution in [1.29, 1.82) is 0 Å². The van der Waals surface area contributed by atoms with E-state index in [0.717, 1.165) is 22.6 Å². The summed E-state index contributed by atoms with van der Waals surface area (Å²) in [6, 6.07) is 15.4. The van der Waals surface area contributed by atoms with E-state index in [1.807, 2.05) is 61.5 Å². The Morgan fingerprint density at radius 2 is 2.00 bits per heavy atom. The van der Waals surface area contributed by atoms with Gasteiger partial charge in [-0.1, -0.05) is 30.3 Å². The Morgan fingerprint density at radius 3 is 2.78 bits per heavy atom. The Labute approximate surface area is 139 Å². The largest absolute Gasteiger partial charge is 0.497 e. The number of rotatable bonds is 3. The van der Waals surface area contributed by atoms with Crippen LogP contribution < -0.4 is 10.1 Å². The molecule has 2 aromatic rings. The van der Waals surface area contributed by atoms with Gasteiger partial charge in [-0.15, -0.1) is 0 Å². The van der Waals surface area contributed by atoms with Crippen LogP contribution in [0.4, 0.5) is 5.69 Å². The van der Waals surface area contributed by atoms with Gasteiger partial charge >= 0.3 is 0 Å². The molecule has 0 unspecified atom stereocenters. The van der Waals surface area contributed by atoms with Crippen molar-refractivity contribution in [1.82, 2.24) is 5.32 Å². The van der Waals surface area contributed by atoms with E-state index >= 15 is 0 Å². The molecule has 1 aliphatic heterocycles. The number of carbonyl (C=O) groups excluding carboxylic acids is 1. The molecule has 1 saturated heterocycles. The molecular formula is C18H16N2O2S. The van der Waals surface area contributed by atoms with E-state index in [1.54, 1.807) is 7.11 Å². The summed E-state index contributed by atoms with van der Waals surface area (Å²) in [6.45, 7) is 1.99. The average molecular weight is 324 g/mol. The van der Waals surface area contributed by atoms with Crippen LogP contribution in [0.2, 0.25) is 0 Å². The van der Waals surface area contributed by atoms with E-state index < -0.39 is 0 Å². The quantitative estimate of drug-likeness (QED) is 0.871. The number of amides is 1. The van der Waals surface area contributed by atoms with Crippen molar-refractivity contribution in [3.63, 3.8) is 0 Å². The van der Waals surface area contributed by atoms with E-state index in [-0.39, 0.29) is 5.91 Å². The number of para-hydroxylation sites is 1. The zero-order valence-electron chi connectivity index (χ0n) is 12.9. The Kier molecular flexibility index (Phi) is 4.48. The van der Waals surface area contributed by atoms with Gasteiger partial charge in [0.2, 0.25) is 0 Å². The highest BCUT2D eigenvalue weighted by molar-refractivity contribution is 8.18. The molecule has 0 atom stereocenters. The zero-order chi connectivity index (χ0) is 16.2. The molecule has 0 radical (unpaired) electrons. The van der Waals surface area contributed by atoms with Gasteiger partial charge in [0.15, 0.2) is 5.17 Å². The monoisotopic (exact) mass is 324 g/mol. The molecule has 0 bridgehead atoms. The highest BCUT2D eigenvalue weighted by atomic mass is 32.2. The Bertz CT molecular complexity index is 812. The molecule has 3 rings (SSSR count). The van der Waals surface area contributed by atoms with Crippen molar-refractivity contribution in [3.05, 3.63) is 64.6 Å². The lowest BCUT2D eigenvalue weighted by molar-refractivity contribution is -0.115. The van der Waals surface area contributed by atoms with Gasteiger partial charge in [0.05, 0.1) is 17.7 Å². The molecule has 0 aromatic heterocycles. The highest BCUT2D eigenvalue weighted by Crippen LogP contribution is 2.29. The van der Waals surface area contributed by atoms with Crippen LogP contribution in [0.1, 0.15) is 11.1 Å². The second-order valence-corrected chi connectivity index (χ2v) is 6.08. The first kappa shape index (κ1) is 15.4. The summed E-state index contributed by atoms with van der Waals surface area (Å²) in [5.41, 5.74) is 2.84. The van der Waals surface area contributed by atoms with E-state index in [0.29, 0.717) is 10.1 Å². The molecule has 0 spiro atoms. The van der Waals surface area contributed by atoms with Gasteiger partial charge in [-0.3, -0.25) is 4.79 Å². The third kappa shape index (κ3) is 3.63. The summed E-state index contributed by atoms with van der Waals surface area (Å²) >= 11 is 1.34. The van der Waals surface area contributed by atoms with Gasteiger partial charge in [-0.05, 0) is 54.1 Å². The predicted octanol–water partition coefficient (Wildman–Crippen LogP) is 3.90. The molecule has 1 N–H and O–H groups in total. The topological polar surface area (TPSA) is 50.7 Å². The average Bonchev–Trinajstić information content (AvgIpc) is 2.89. The van der Waals surface area contributed by atoms with Crippen molar-refractivity contribution in [2.75, 3.05) is 7.11 Å². The number of hydrogen-bond acceptors (Lipinski definition) is 4. The second-order valence-electron chi connectivity index (χ2n) is 5.04. The number of hydrogen-bond donors (Lipinski definition) is 1. The second kappa shape index (κ2) is 6.71. The number of ether oxygens (including phenoxy) is 1.